The van der Waals surface area contributed by atoms with E-state index in [0.717, 1.165) is 11.8 Å². The zero-order chi connectivity index (χ0) is 12.7. The fraction of sp³-hybridized carbons (Fsp3) is 0.600. The number of rotatable bonds is 3. The summed E-state index contributed by atoms with van der Waals surface area (Å²) in [5.41, 5.74) is 1.23. The molecule has 0 heterocycles. The maximum atomic E-state index is 6.08. The number of nitrogens with one attached hydrogen (secondary N) is 1. The third-order valence-electron chi connectivity index (χ3n) is 4.49. The number of hydrogen-bond donors (Lipinski definition) is 1. The lowest BCUT2D eigenvalue weighted by Gasteiger charge is -2.27. The van der Waals surface area contributed by atoms with E-state index >= 15 is 0 Å². The van der Waals surface area contributed by atoms with E-state index in [1.165, 1.54) is 31.2 Å². The highest BCUT2D eigenvalue weighted by Crippen LogP contribution is 2.49. The number of fused-ring (bicyclic) bond motifs is 1. The van der Waals surface area contributed by atoms with Crippen LogP contribution in [0, 0.1) is 11.8 Å². The van der Waals surface area contributed by atoms with E-state index in [2.05, 4.69) is 18.3 Å². The van der Waals surface area contributed by atoms with E-state index in [1.54, 1.807) is 0 Å². The van der Waals surface area contributed by atoms with Gasteiger partial charge in [-0.25, -0.2) is 0 Å². The molecule has 0 aliphatic heterocycles. The Morgan fingerprint density at radius 1 is 1.22 bits per heavy atom. The van der Waals surface area contributed by atoms with Crippen LogP contribution in [-0.4, -0.2) is 6.04 Å². The van der Waals surface area contributed by atoms with Crippen LogP contribution in [0.4, 0.5) is 0 Å². The molecule has 4 atom stereocenters. The Morgan fingerprint density at radius 2 is 2.06 bits per heavy atom. The van der Waals surface area contributed by atoms with Crippen LogP contribution >= 0.6 is 23.2 Å². The van der Waals surface area contributed by atoms with E-state index in [1.807, 2.05) is 12.1 Å². The van der Waals surface area contributed by atoms with Crippen LogP contribution in [0.5, 0.6) is 0 Å². The van der Waals surface area contributed by atoms with Crippen molar-refractivity contribution in [2.24, 2.45) is 11.8 Å². The smallest absolute Gasteiger partial charge is 0.0595 e. The summed E-state index contributed by atoms with van der Waals surface area (Å²) in [5.74, 6) is 1.95. The van der Waals surface area contributed by atoms with Gasteiger partial charge in [0.2, 0.25) is 0 Å². The van der Waals surface area contributed by atoms with E-state index < -0.39 is 0 Å². The van der Waals surface area contributed by atoms with Crippen molar-refractivity contribution in [3.05, 3.63) is 33.8 Å². The topological polar surface area (TPSA) is 12.0 Å². The van der Waals surface area contributed by atoms with E-state index in [9.17, 15) is 0 Å². The van der Waals surface area contributed by atoms with Crippen LogP contribution in [0.2, 0.25) is 10.0 Å². The van der Waals surface area contributed by atoms with Gasteiger partial charge < -0.3 is 5.32 Å². The summed E-state index contributed by atoms with van der Waals surface area (Å²) >= 11 is 12.0. The van der Waals surface area contributed by atoms with Gasteiger partial charge in [0.05, 0.1) is 10.0 Å². The molecule has 2 aliphatic carbocycles. The van der Waals surface area contributed by atoms with Gasteiger partial charge in [0.15, 0.2) is 0 Å². The molecule has 2 fully saturated rings. The van der Waals surface area contributed by atoms with Crippen LogP contribution in [-0.2, 0) is 0 Å². The highest BCUT2D eigenvalue weighted by molar-refractivity contribution is 6.42. The molecule has 1 nitrogen and oxygen atoms in total. The zero-order valence-corrected chi connectivity index (χ0v) is 12.1. The summed E-state index contributed by atoms with van der Waals surface area (Å²) in [6, 6.07) is 6.99. The van der Waals surface area contributed by atoms with Gasteiger partial charge >= 0.3 is 0 Å². The molecule has 0 aromatic heterocycles. The van der Waals surface area contributed by atoms with Crippen LogP contribution in [0.15, 0.2) is 18.2 Å². The van der Waals surface area contributed by atoms with Gasteiger partial charge in [0.1, 0.15) is 0 Å². The molecule has 2 unspecified atom stereocenters. The Morgan fingerprint density at radius 3 is 2.83 bits per heavy atom. The Hall–Kier alpha value is -0.240. The Balaban J connectivity index is 1.66. The molecule has 0 amide bonds. The van der Waals surface area contributed by atoms with Gasteiger partial charge in [-0.2, -0.15) is 0 Å². The molecule has 0 radical (unpaired) electrons. The van der Waals surface area contributed by atoms with E-state index in [-0.39, 0.29) is 0 Å². The predicted molar refractivity (Wildman–Crippen MR) is 77.2 cm³/mol. The van der Waals surface area contributed by atoms with Crippen molar-refractivity contribution in [3.8, 4) is 0 Å². The van der Waals surface area contributed by atoms with Crippen molar-refractivity contribution in [2.75, 3.05) is 0 Å². The molecular weight excluding hydrogens is 265 g/mol. The lowest BCUT2D eigenvalue weighted by atomic mass is 9.94. The van der Waals surface area contributed by atoms with Gasteiger partial charge in [-0.05, 0) is 49.3 Å². The first-order valence-corrected chi connectivity index (χ1v) is 7.61. The molecular formula is C15H19Cl2N. The van der Waals surface area contributed by atoms with Crippen molar-refractivity contribution in [2.45, 2.75) is 44.7 Å². The fourth-order valence-electron chi connectivity index (χ4n) is 3.32. The van der Waals surface area contributed by atoms with Gasteiger partial charge in [-0.3, -0.25) is 0 Å². The van der Waals surface area contributed by atoms with E-state index in [0.29, 0.717) is 22.1 Å². The molecule has 1 aromatic carbocycles. The van der Waals surface area contributed by atoms with Gasteiger partial charge in [0, 0.05) is 12.1 Å². The fourth-order valence-corrected chi connectivity index (χ4v) is 3.62. The molecule has 2 aliphatic rings. The van der Waals surface area contributed by atoms with Crippen molar-refractivity contribution in [1.82, 2.24) is 5.32 Å². The Kier molecular flexibility index (Phi) is 3.57. The second-order valence-corrected chi connectivity index (χ2v) is 6.57. The normalized spacial score (nSPS) is 31.8. The molecule has 0 bridgehead atoms. The van der Waals surface area contributed by atoms with Crippen LogP contribution in [0.3, 0.4) is 0 Å². The molecule has 2 saturated carbocycles. The summed E-state index contributed by atoms with van der Waals surface area (Å²) in [4.78, 5) is 0. The first-order valence-electron chi connectivity index (χ1n) is 6.86. The molecule has 18 heavy (non-hydrogen) atoms. The minimum Gasteiger partial charge on any atom is -0.307 e. The monoisotopic (exact) mass is 283 g/mol. The molecule has 1 N–H and O–H groups in total. The standard InChI is InChI=1S/C15H19Cl2N/c1-9(10-5-6-13(16)14(17)8-10)18-15-4-2-3-11-7-12(11)15/h5-6,8-9,11-12,15,18H,2-4,7H2,1H3/t9?,11-,12+,15?/m0/s1. The van der Waals surface area contributed by atoms with Crippen molar-refractivity contribution in [3.63, 3.8) is 0 Å². The largest absolute Gasteiger partial charge is 0.307 e. The minimum atomic E-state index is 0.351. The van der Waals surface area contributed by atoms with Crippen LogP contribution in [0.25, 0.3) is 0 Å². The first-order chi connectivity index (χ1) is 8.65. The molecule has 0 spiro atoms. The van der Waals surface area contributed by atoms with Crippen molar-refractivity contribution >= 4 is 23.2 Å². The minimum absolute atomic E-state index is 0.351. The third kappa shape index (κ3) is 2.54. The number of halogens is 2. The quantitative estimate of drug-likeness (QED) is 0.838. The highest BCUT2D eigenvalue weighted by Gasteiger charge is 2.45. The molecule has 98 valence electrons. The maximum absolute atomic E-state index is 6.08. The molecule has 3 rings (SSSR count). The van der Waals surface area contributed by atoms with Gasteiger partial charge in [-0.15, -0.1) is 0 Å². The van der Waals surface area contributed by atoms with Crippen molar-refractivity contribution in [1.29, 1.82) is 0 Å². The SMILES string of the molecule is CC(NC1CCC[C@H]2C[C@@H]12)c1ccc(Cl)c(Cl)c1. The third-order valence-corrected chi connectivity index (χ3v) is 5.23. The molecule has 3 heteroatoms. The van der Waals surface area contributed by atoms with Crippen LogP contribution < -0.4 is 5.32 Å². The zero-order valence-electron chi connectivity index (χ0n) is 10.6. The Bertz CT molecular complexity index is 446. The second kappa shape index (κ2) is 5.03. The second-order valence-electron chi connectivity index (χ2n) is 5.76. The highest BCUT2D eigenvalue weighted by atomic mass is 35.5. The average Bonchev–Trinajstić information content (AvgIpc) is 3.13. The van der Waals surface area contributed by atoms with Crippen molar-refractivity contribution < 1.29 is 0 Å². The summed E-state index contributed by atoms with van der Waals surface area (Å²) in [5, 5.41) is 5.05. The van der Waals surface area contributed by atoms with Crippen LogP contribution in [0.1, 0.15) is 44.2 Å². The average molecular weight is 284 g/mol. The molecule has 1 aromatic rings. The summed E-state index contributed by atoms with van der Waals surface area (Å²) in [6.07, 6.45) is 5.59. The van der Waals surface area contributed by atoms with E-state index in [4.69, 9.17) is 23.2 Å². The first kappa shape index (κ1) is 12.8. The lowest BCUT2D eigenvalue weighted by molar-refractivity contribution is 0.329. The summed E-state index contributed by atoms with van der Waals surface area (Å²) in [6.45, 7) is 2.21. The summed E-state index contributed by atoms with van der Waals surface area (Å²) in [7, 11) is 0. The summed E-state index contributed by atoms with van der Waals surface area (Å²) < 4.78 is 0. The molecule has 0 saturated heterocycles. The lowest BCUT2D eigenvalue weighted by Crippen LogP contribution is -2.35. The maximum Gasteiger partial charge on any atom is 0.0595 e. The predicted octanol–water partition coefficient (Wildman–Crippen LogP) is 4.83. The van der Waals surface area contributed by atoms with Gasteiger partial charge in [-0.1, -0.05) is 42.1 Å². The number of hydrogen-bond acceptors (Lipinski definition) is 1. The Labute approximate surface area is 119 Å². The van der Waals surface area contributed by atoms with Gasteiger partial charge in [0.25, 0.3) is 0 Å². The number of benzene rings is 1.